The second-order valence-electron chi connectivity index (χ2n) is 5.74. The van der Waals surface area contributed by atoms with Gasteiger partial charge in [-0.25, -0.2) is 9.69 Å². The molecule has 1 aliphatic heterocycles. The van der Waals surface area contributed by atoms with E-state index < -0.39 is 54.8 Å². The van der Waals surface area contributed by atoms with E-state index in [1.165, 1.54) is 0 Å². The number of carboxylic acid groups (broad SMARTS) is 1. The number of carboxylic acids is 1. The third kappa shape index (κ3) is 4.14. The van der Waals surface area contributed by atoms with Crippen molar-refractivity contribution in [2.45, 2.75) is 31.9 Å². The molecule has 0 saturated carbocycles. The molecule has 0 unspecified atom stereocenters. The highest BCUT2D eigenvalue weighted by molar-refractivity contribution is 5.97. The Balaban J connectivity index is 2.22. The summed E-state index contributed by atoms with van der Waals surface area (Å²) >= 11 is 0. The van der Waals surface area contributed by atoms with Gasteiger partial charge in [0.15, 0.2) is 0 Å². The van der Waals surface area contributed by atoms with Crippen LogP contribution in [-0.4, -0.2) is 47.1 Å². The third-order valence-electron chi connectivity index (χ3n) is 4.05. The molecule has 0 aliphatic carbocycles. The molecule has 2 amide bonds. The highest BCUT2D eigenvalue weighted by Gasteiger charge is 2.45. The normalized spacial score (nSPS) is 20.7. The van der Waals surface area contributed by atoms with E-state index in [0.717, 1.165) is 17.6 Å². The summed E-state index contributed by atoms with van der Waals surface area (Å²) < 4.78 is 9.78. The smallest absolute Gasteiger partial charge is 0.417 e. The van der Waals surface area contributed by atoms with Crippen LogP contribution in [0.15, 0.2) is 30.3 Å². The molecular formula is C17H19NO7. The van der Waals surface area contributed by atoms with Crippen LogP contribution in [0.1, 0.15) is 31.4 Å². The summed E-state index contributed by atoms with van der Waals surface area (Å²) in [5, 5.41) is 8.98. The van der Waals surface area contributed by atoms with E-state index in [1.54, 1.807) is 31.2 Å². The molecule has 8 heteroatoms. The number of cyclic esters (lactones) is 1. The molecule has 1 aromatic rings. The molecule has 1 aromatic carbocycles. The van der Waals surface area contributed by atoms with Gasteiger partial charge in [-0.3, -0.25) is 14.4 Å². The largest absolute Gasteiger partial charge is 0.481 e. The summed E-state index contributed by atoms with van der Waals surface area (Å²) in [6, 6.07) is 8.29. The molecule has 1 fully saturated rings. The molecule has 2 rings (SSSR count). The number of hydrogen-bond acceptors (Lipinski definition) is 6. The summed E-state index contributed by atoms with van der Waals surface area (Å²) in [6.45, 7) is 1.64. The van der Waals surface area contributed by atoms with Crippen LogP contribution in [0.25, 0.3) is 0 Å². The molecule has 25 heavy (non-hydrogen) atoms. The number of amides is 2. The highest BCUT2D eigenvalue weighted by Crippen LogP contribution is 2.33. The topological polar surface area (TPSA) is 110 Å². The predicted octanol–water partition coefficient (Wildman–Crippen LogP) is 1.75. The second kappa shape index (κ2) is 7.78. The van der Waals surface area contributed by atoms with Crippen molar-refractivity contribution in [3.8, 4) is 0 Å². The fraction of sp³-hybridized carbons (Fsp3) is 0.412. The van der Waals surface area contributed by atoms with Gasteiger partial charge in [0.2, 0.25) is 5.91 Å². The number of methoxy groups -OCH3 is 1. The molecule has 8 nitrogen and oxygen atoms in total. The first-order chi connectivity index (χ1) is 11.8. The monoisotopic (exact) mass is 349 g/mol. The van der Waals surface area contributed by atoms with Crippen molar-refractivity contribution in [3.05, 3.63) is 35.9 Å². The van der Waals surface area contributed by atoms with Gasteiger partial charge >= 0.3 is 18.0 Å². The zero-order valence-electron chi connectivity index (χ0n) is 13.9. The second-order valence-corrected chi connectivity index (χ2v) is 5.74. The van der Waals surface area contributed by atoms with E-state index in [4.69, 9.17) is 9.84 Å². The fourth-order valence-electron chi connectivity index (χ4n) is 2.78. The minimum absolute atomic E-state index is 0.422. The number of ether oxygens (including phenoxy) is 2. The molecule has 0 spiro atoms. The molecular weight excluding hydrogens is 330 g/mol. The molecule has 0 bridgehead atoms. The number of nitrogens with zero attached hydrogens (tertiary/aromatic N) is 1. The van der Waals surface area contributed by atoms with Gasteiger partial charge in [0, 0.05) is 0 Å². The Hall–Kier alpha value is -2.90. The SMILES string of the molecule is COC(=O)C[C@@H](CC(=O)O)C(=O)N1C(=O)O[C@H](c2ccccc2)[C@@H]1C. The van der Waals surface area contributed by atoms with Gasteiger partial charge in [-0.15, -0.1) is 0 Å². The van der Waals surface area contributed by atoms with Gasteiger partial charge in [-0.1, -0.05) is 30.3 Å². The molecule has 1 saturated heterocycles. The lowest BCUT2D eigenvalue weighted by Gasteiger charge is -2.23. The summed E-state index contributed by atoms with van der Waals surface area (Å²) in [5.41, 5.74) is 0.724. The van der Waals surface area contributed by atoms with Crippen LogP contribution in [0.3, 0.4) is 0 Å². The number of aliphatic carboxylic acids is 1. The highest BCUT2D eigenvalue weighted by atomic mass is 16.6. The minimum atomic E-state index is -1.25. The van der Waals surface area contributed by atoms with E-state index in [-0.39, 0.29) is 0 Å². The predicted molar refractivity (Wildman–Crippen MR) is 84.3 cm³/mol. The van der Waals surface area contributed by atoms with Crippen LogP contribution in [0, 0.1) is 5.92 Å². The van der Waals surface area contributed by atoms with Gasteiger partial charge in [-0.2, -0.15) is 0 Å². The van der Waals surface area contributed by atoms with Crippen LogP contribution in [-0.2, 0) is 23.9 Å². The van der Waals surface area contributed by atoms with Crippen molar-refractivity contribution < 1.29 is 33.8 Å². The maximum Gasteiger partial charge on any atom is 0.417 e. The van der Waals surface area contributed by atoms with Gasteiger partial charge in [0.25, 0.3) is 0 Å². The Morgan fingerprint density at radius 1 is 1.24 bits per heavy atom. The average Bonchev–Trinajstić information content (AvgIpc) is 2.88. The fourth-order valence-corrected chi connectivity index (χ4v) is 2.78. The lowest BCUT2D eigenvalue weighted by Crippen LogP contribution is -2.42. The first kappa shape index (κ1) is 18.4. The molecule has 0 radical (unpaired) electrons. The Bertz CT molecular complexity index is 673. The number of carbonyl (C=O) groups excluding carboxylic acids is 3. The molecule has 1 aliphatic rings. The maximum absolute atomic E-state index is 12.7. The lowest BCUT2D eigenvalue weighted by molar-refractivity contribution is -0.149. The van der Waals surface area contributed by atoms with E-state index in [2.05, 4.69) is 4.74 Å². The van der Waals surface area contributed by atoms with Crippen molar-refractivity contribution >= 4 is 23.9 Å². The number of benzene rings is 1. The van der Waals surface area contributed by atoms with Crippen LogP contribution < -0.4 is 0 Å². The first-order valence-corrected chi connectivity index (χ1v) is 7.72. The maximum atomic E-state index is 12.7. The number of imide groups is 1. The number of carbonyl (C=O) groups is 4. The third-order valence-corrected chi connectivity index (χ3v) is 4.05. The Morgan fingerprint density at radius 2 is 1.88 bits per heavy atom. The minimum Gasteiger partial charge on any atom is -0.481 e. The lowest BCUT2D eigenvalue weighted by atomic mass is 9.97. The van der Waals surface area contributed by atoms with Crippen LogP contribution in [0.2, 0.25) is 0 Å². The van der Waals surface area contributed by atoms with E-state index in [1.807, 2.05) is 6.07 Å². The zero-order valence-corrected chi connectivity index (χ0v) is 13.9. The average molecular weight is 349 g/mol. The number of esters is 1. The standard InChI is InChI=1S/C17H19NO7/c1-10-15(11-6-4-3-5-7-11)25-17(23)18(10)16(22)12(8-13(19)20)9-14(21)24-2/h3-7,10,12,15H,8-9H2,1-2H3,(H,19,20)/t10-,12+,15-/m0/s1. The Labute approximate surface area is 144 Å². The van der Waals surface area contributed by atoms with E-state index in [9.17, 15) is 19.2 Å². The Kier molecular flexibility index (Phi) is 5.74. The van der Waals surface area contributed by atoms with Crippen molar-refractivity contribution in [2.24, 2.45) is 5.92 Å². The summed E-state index contributed by atoms with van der Waals surface area (Å²) in [5.74, 6) is -3.93. The molecule has 0 aromatic heterocycles. The van der Waals surface area contributed by atoms with Gasteiger partial charge in [0.1, 0.15) is 6.10 Å². The van der Waals surface area contributed by atoms with Gasteiger partial charge in [-0.05, 0) is 12.5 Å². The molecule has 1 N–H and O–H groups in total. The summed E-state index contributed by atoms with van der Waals surface area (Å²) in [4.78, 5) is 48.2. The van der Waals surface area contributed by atoms with Crippen molar-refractivity contribution in [1.29, 1.82) is 0 Å². The van der Waals surface area contributed by atoms with Crippen LogP contribution >= 0.6 is 0 Å². The van der Waals surface area contributed by atoms with E-state index >= 15 is 0 Å². The van der Waals surface area contributed by atoms with Gasteiger partial charge < -0.3 is 14.6 Å². The number of rotatable bonds is 6. The summed E-state index contributed by atoms with van der Waals surface area (Å²) in [6.07, 6.45) is -2.51. The molecule has 1 heterocycles. The van der Waals surface area contributed by atoms with Crippen molar-refractivity contribution in [2.75, 3.05) is 7.11 Å². The van der Waals surface area contributed by atoms with Crippen LogP contribution in [0.4, 0.5) is 4.79 Å². The number of hydrogen-bond donors (Lipinski definition) is 1. The first-order valence-electron chi connectivity index (χ1n) is 7.72. The van der Waals surface area contributed by atoms with Crippen molar-refractivity contribution in [3.63, 3.8) is 0 Å². The van der Waals surface area contributed by atoms with E-state index in [0.29, 0.717) is 0 Å². The van der Waals surface area contributed by atoms with Crippen LogP contribution in [0.5, 0.6) is 0 Å². The van der Waals surface area contributed by atoms with Gasteiger partial charge in [0.05, 0.1) is 31.9 Å². The Morgan fingerprint density at radius 3 is 2.44 bits per heavy atom. The van der Waals surface area contributed by atoms with Crippen molar-refractivity contribution in [1.82, 2.24) is 4.90 Å². The molecule has 134 valence electrons. The summed E-state index contributed by atoms with van der Waals surface area (Å²) in [7, 11) is 1.14. The quantitative estimate of drug-likeness (QED) is 0.779. The molecule has 3 atom stereocenters. The zero-order chi connectivity index (χ0) is 18.6.